The van der Waals surface area contributed by atoms with E-state index in [1.54, 1.807) is 0 Å². The number of hydrogen-bond acceptors (Lipinski definition) is 2. The van der Waals surface area contributed by atoms with Gasteiger partial charge in [0.05, 0.1) is 11.1 Å². The minimum atomic E-state index is -4.61. The second-order valence-corrected chi connectivity index (χ2v) is 3.94. The van der Waals surface area contributed by atoms with Crippen LogP contribution in [0.25, 0.3) is 0 Å². The Morgan fingerprint density at radius 2 is 1.71 bits per heavy atom. The van der Waals surface area contributed by atoms with E-state index in [-0.39, 0.29) is 21.0 Å². The van der Waals surface area contributed by atoms with Crippen molar-refractivity contribution in [3.63, 3.8) is 0 Å². The summed E-state index contributed by atoms with van der Waals surface area (Å²) in [6.45, 7) is -1.59. The highest BCUT2D eigenvalue weighted by Crippen LogP contribution is 2.28. The van der Waals surface area contributed by atoms with Gasteiger partial charge >= 0.3 is 6.18 Å². The summed E-state index contributed by atoms with van der Waals surface area (Å²) in [5.41, 5.74) is -0.143. The molecule has 0 saturated carbocycles. The molecular weight excluding hydrogens is 259 g/mol. The van der Waals surface area contributed by atoms with Crippen LogP contribution in [0.5, 0.6) is 0 Å². The van der Waals surface area contributed by atoms with E-state index in [0.717, 1.165) is 0 Å². The summed E-state index contributed by atoms with van der Waals surface area (Å²) in [4.78, 5) is 23.3. The van der Waals surface area contributed by atoms with Crippen molar-refractivity contribution in [3.05, 3.63) is 34.3 Å². The van der Waals surface area contributed by atoms with Gasteiger partial charge in [0.15, 0.2) is 0 Å². The fourth-order valence-corrected chi connectivity index (χ4v) is 1.76. The molecule has 0 aromatic heterocycles. The molecule has 7 heteroatoms. The number of hydrogen-bond donors (Lipinski definition) is 0. The summed E-state index contributed by atoms with van der Waals surface area (Å²) in [6, 6.07) is 3.78. The standard InChI is InChI=1S/C10H5ClF3NO2/c11-5-1-2-6-7(3-5)9(17)15(8(6)16)4-10(12,13)14/h1-3H,4H2. The van der Waals surface area contributed by atoms with E-state index < -0.39 is 24.5 Å². The zero-order valence-corrected chi connectivity index (χ0v) is 8.97. The van der Waals surface area contributed by atoms with Crippen LogP contribution in [0.3, 0.4) is 0 Å². The zero-order valence-electron chi connectivity index (χ0n) is 8.21. The van der Waals surface area contributed by atoms with Crippen LogP contribution in [0.15, 0.2) is 18.2 Å². The average molecular weight is 264 g/mol. The van der Waals surface area contributed by atoms with Crippen molar-refractivity contribution >= 4 is 23.4 Å². The predicted molar refractivity (Wildman–Crippen MR) is 52.9 cm³/mol. The van der Waals surface area contributed by atoms with Gasteiger partial charge in [-0.1, -0.05) is 11.6 Å². The number of fused-ring (bicyclic) bond motifs is 1. The molecule has 0 radical (unpaired) electrons. The fourth-order valence-electron chi connectivity index (χ4n) is 1.59. The third-order valence-corrected chi connectivity index (χ3v) is 2.51. The summed E-state index contributed by atoms with van der Waals surface area (Å²) < 4.78 is 36.6. The third-order valence-electron chi connectivity index (χ3n) is 2.27. The van der Waals surface area contributed by atoms with Gasteiger partial charge in [-0.15, -0.1) is 0 Å². The topological polar surface area (TPSA) is 37.4 Å². The molecule has 1 aromatic rings. The summed E-state index contributed by atoms with van der Waals surface area (Å²) in [6.07, 6.45) is -4.61. The van der Waals surface area contributed by atoms with E-state index >= 15 is 0 Å². The van der Waals surface area contributed by atoms with Crippen LogP contribution in [-0.4, -0.2) is 29.4 Å². The number of nitrogens with zero attached hydrogens (tertiary/aromatic N) is 1. The van der Waals surface area contributed by atoms with Gasteiger partial charge in [0, 0.05) is 5.02 Å². The molecule has 0 fully saturated rings. The van der Waals surface area contributed by atoms with Crippen molar-refractivity contribution in [2.45, 2.75) is 6.18 Å². The zero-order chi connectivity index (χ0) is 12.8. The van der Waals surface area contributed by atoms with Crippen LogP contribution in [-0.2, 0) is 0 Å². The maximum Gasteiger partial charge on any atom is 0.406 e. The summed E-state index contributed by atoms with van der Waals surface area (Å²) in [5, 5.41) is 0.193. The lowest BCUT2D eigenvalue weighted by molar-refractivity contribution is -0.136. The molecule has 2 amide bonds. The van der Waals surface area contributed by atoms with Gasteiger partial charge < -0.3 is 0 Å². The molecule has 0 spiro atoms. The number of alkyl halides is 3. The van der Waals surface area contributed by atoms with Crippen molar-refractivity contribution in [2.24, 2.45) is 0 Å². The number of benzene rings is 1. The lowest BCUT2D eigenvalue weighted by atomic mass is 10.1. The molecule has 0 N–H and O–H groups in total. The van der Waals surface area contributed by atoms with Crippen LogP contribution in [0.4, 0.5) is 13.2 Å². The molecule has 0 unspecified atom stereocenters. The van der Waals surface area contributed by atoms with Gasteiger partial charge in [-0.3, -0.25) is 14.5 Å². The van der Waals surface area contributed by atoms with Crippen molar-refractivity contribution in [1.82, 2.24) is 4.90 Å². The maximum absolute atomic E-state index is 12.2. The molecule has 0 aliphatic carbocycles. The van der Waals surface area contributed by atoms with Gasteiger partial charge in [0.1, 0.15) is 6.54 Å². The molecule has 1 aliphatic rings. The van der Waals surface area contributed by atoms with Gasteiger partial charge in [-0.2, -0.15) is 13.2 Å². The number of carbonyl (C=O) groups is 2. The van der Waals surface area contributed by atoms with Crippen LogP contribution in [0.1, 0.15) is 20.7 Å². The van der Waals surface area contributed by atoms with Gasteiger partial charge in [0.2, 0.25) is 0 Å². The summed E-state index contributed by atoms with van der Waals surface area (Å²) in [5.74, 6) is -1.91. The van der Waals surface area contributed by atoms with E-state index in [1.807, 2.05) is 0 Å². The van der Waals surface area contributed by atoms with E-state index in [1.165, 1.54) is 18.2 Å². The lowest BCUT2D eigenvalue weighted by Gasteiger charge is -2.15. The fraction of sp³-hybridized carbons (Fsp3) is 0.200. The van der Waals surface area contributed by atoms with Gasteiger partial charge in [-0.05, 0) is 18.2 Å². The second-order valence-electron chi connectivity index (χ2n) is 3.50. The van der Waals surface area contributed by atoms with Crippen molar-refractivity contribution < 1.29 is 22.8 Å². The highest BCUT2D eigenvalue weighted by Gasteiger charge is 2.42. The SMILES string of the molecule is O=C1c2ccc(Cl)cc2C(=O)N1CC(F)(F)F. The van der Waals surface area contributed by atoms with Crippen molar-refractivity contribution in [2.75, 3.05) is 6.54 Å². The highest BCUT2D eigenvalue weighted by molar-refractivity contribution is 6.32. The first kappa shape index (κ1) is 11.9. The number of halogens is 4. The Hall–Kier alpha value is -1.56. The van der Waals surface area contributed by atoms with Gasteiger partial charge in [-0.25, -0.2) is 0 Å². The lowest BCUT2D eigenvalue weighted by Crippen LogP contribution is -2.38. The van der Waals surface area contributed by atoms with Crippen molar-refractivity contribution in [3.8, 4) is 0 Å². The Morgan fingerprint density at radius 1 is 1.12 bits per heavy atom. The van der Waals surface area contributed by atoms with E-state index in [9.17, 15) is 22.8 Å². The highest BCUT2D eigenvalue weighted by atomic mass is 35.5. The first-order chi connectivity index (χ1) is 7.79. The van der Waals surface area contributed by atoms with Crippen LogP contribution in [0, 0.1) is 0 Å². The second kappa shape index (κ2) is 3.73. The number of carbonyl (C=O) groups excluding carboxylic acids is 2. The molecule has 2 rings (SSSR count). The molecule has 0 bridgehead atoms. The molecule has 90 valence electrons. The minimum absolute atomic E-state index is 0.0522. The first-order valence-corrected chi connectivity index (χ1v) is 4.90. The van der Waals surface area contributed by atoms with Crippen molar-refractivity contribution in [1.29, 1.82) is 0 Å². The molecule has 3 nitrogen and oxygen atoms in total. The largest absolute Gasteiger partial charge is 0.406 e. The average Bonchev–Trinajstić information content (AvgIpc) is 2.42. The Kier molecular flexibility index (Phi) is 2.61. The first-order valence-electron chi connectivity index (χ1n) is 4.52. The monoisotopic (exact) mass is 263 g/mol. The van der Waals surface area contributed by atoms with Crippen LogP contribution < -0.4 is 0 Å². The molecule has 1 aromatic carbocycles. The molecular formula is C10H5ClF3NO2. The maximum atomic E-state index is 12.2. The number of amides is 2. The van der Waals surface area contributed by atoms with E-state index in [0.29, 0.717) is 0 Å². The molecule has 0 saturated heterocycles. The quantitative estimate of drug-likeness (QED) is 0.730. The summed E-state index contributed by atoms with van der Waals surface area (Å²) in [7, 11) is 0. The molecule has 1 heterocycles. The van der Waals surface area contributed by atoms with Gasteiger partial charge in [0.25, 0.3) is 11.8 Å². The molecule has 17 heavy (non-hydrogen) atoms. The van der Waals surface area contributed by atoms with E-state index in [2.05, 4.69) is 0 Å². The Morgan fingerprint density at radius 3 is 2.29 bits per heavy atom. The Balaban J connectivity index is 2.39. The number of rotatable bonds is 1. The number of imide groups is 1. The Labute approximate surface area is 98.8 Å². The predicted octanol–water partition coefficient (Wildman–Crippen LogP) is 2.50. The molecule has 0 atom stereocenters. The molecule has 1 aliphatic heterocycles. The Bertz CT molecular complexity index is 513. The van der Waals surface area contributed by atoms with Crippen LogP contribution >= 0.6 is 11.6 Å². The normalized spacial score (nSPS) is 15.4. The van der Waals surface area contributed by atoms with Crippen LogP contribution in [0.2, 0.25) is 5.02 Å². The minimum Gasteiger partial charge on any atom is -0.269 e. The van der Waals surface area contributed by atoms with E-state index in [4.69, 9.17) is 11.6 Å². The third kappa shape index (κ3) is 2.12. The summed E-state index contributed by atoms with van der Waals surface area (Å²) >= 11 is 5.61. The smallest absolute Gasteiger partial charge is 0.269 e.